The molecule has 1 aliphatic heterocycles. The number of phenols is 1. The number of halogens is 2. The van der Waals surface area contributed by atoms with Crippen LogP contribution in [0.25, 0.3) is 0 Å². The lowest BCUT2D eigenvalue weighted by Crippen LogP contribution is -2.46. The first-order chi connectivity index (χ1) is 13.0. The van der Waals surface area contributed by atoms with Gasteiger partial charge in [0.05, 0.1) is 16.1 Å². The average molecular weight is 420 g/mol. The van der Waals surface area contributed by atoms with Crippen molar-refractivity contribution in [3.8, 4) is 5.75 Å². The highest BCUT2D eigenvalue weighted by Gasteiger charge is 2.34. The van der Waals surface area contributed by atoms with Gasteiger partial charge in [-0.05, 0) is 42.5 Å². The monoisotopic (exact) mass is 419 g/mol. The number of aromatic nitrogens is 3. The molecule has 0 aliphatic carbocycles. The fourth-order valence-corrected chi connectivity index (χ4v) is 3.39. The molecule has 2 aromatic carbocycles. The second-order valence-corrected chi connectivity index (χ2v) is 6.75. The van der Waals surface area contributed by atoms with Gasteiger partial charge in [0.2, 0.25) is 17.2 Å². The summed E-state index contributed by atoms with van der Waals surface area (Å²) in [6.07, 6.45) is 2.10. The van der Waals surface area contributed by atoms with Crippen molar-refractivity contribution in [2.24, 2.45) is 4.99 Å². The molecule has 3 aromatic rings. The van der Waals surface area contributed by atoms with E-state index in [1.165, 1.54) is 22.3 Å². The minimum Gasteiger partial charge on any atom is -0.507 e. The quantitative estimate of drug-likeness (QED) is 0.652. The zero-order valence-corrected chi connectivity index (χ0v) is 15.9. The number of benzene rings is 2. The highest BCUT2D eigenvalue weighted by atomic mass is 35.5. The van der Waals surface area contributed by atoms with Gasteiger partial charge < -0.3 is 9.84 Å². The molecule has 1 atom stereocenters. The third-order valence-corrected chi connectivity index (χ3v) is 4.68. The van der Waals surface area contributed by atoms with E-state index in [1.54, 1.807) is 42.5 Å². The molecule has 2 heterocycles. The van der Waals surface area contributed by atoms with Crippen LogP contribution < -0.4 is 5.01 Å². The minimum absolute atomic E-state index is 0.0480. The number of rotatable bonds is 3. The molecule has 1 aliphatic rings. The first kappa shape index (κ1) is 17.7. The minimum atomic E-state index is -0.811. The molecule has 27 heavy (non-hydrogen) atoms. The SMILES string of the molecule is Oc1ccccc1C1OC(c2ccc(Cl)cc2Cl)=NC(=S)N1n1cnnc1. The molecule has 0 spiro atoms. The molecule has 0 saturated carbocycles. The summed E-state index contributed by atoms with van der Waals surface area (Å²) in [6.45, 7) is 0. The number of hydrogen-bond donors (Lipinski definition) is 1. The van der Waals surface area contributed by atoms with Crippen LogP contribution in [0.3, 0.4) is 0 Å². The largest absolute Gasteiger partial charge is 0.507 e. The zero-order valence-electron chi connectivity index (χ0n) is 13.5. The Labute approximate surface area is 169 Å². The second kappa shape index (κ2) is 7.15. The first-order valence-corrected chi connectivity index (χ1v) is 8.88. The summed E-state index contributed by atoms with van der Waals surface area (Å²) < 4.78 is 7.62. The van der Waals surface area contributed by atoms with Crippen LogP contribution in [0.15, 0.2) is 60.1 Å². The molecule has 136 valence electrons. The van der Waals surface area contributed by atoms with Crippen LogP contribution in [-0.2, 0) is 4.74 Å². The molecule has 0 fully saturated rings. The Morgan fingerprint density at radius 3 is 2.52 bits per heavy atom. The van der Waals surface area contributed by atoms with Gasteiger partial charge in [-0.3, -0.25) is 0 Å². The fraction of sp³-hybridized carbons (Fsp3) is 0.0588. The lowest BCUT2D eigenvalue weighted by atomic mass is 10.1. The maximum atomic E-state index is 10.3. The zero-order chi connectivity index (χ0) is 19.0. The Balaban J connectivity index is 1.83. The van der Waals surface area contributed by atoms with Crippen LogP contribution in [0.2, 0.25) is 10.0 Å². The van der Waals surface area contributed by atoms with Crippen LogP contribution in [0, 0.1) is 0 Å². The predicted octanol–water partition coefficient (Wildman–Crippen LogP) is 3.69. The third kappa shape index (κ3) is 3.34. The Morgan fingerprint density at radius 2 is 1.81 bits per heavy atom. The first-order valence-electron chi connectivity index (χ1n) is 7.71. The summed E-state index contributed by atoms with van der Waals surface area (Å²) in [6, 6.07) is 11.8. The molecule has 1 unspecified atom stereocenters. The predicted molar refractivity (Wildman–Crippen MR) is 106 cm³/mol. The lowest BCUT2D eigenvalue weighted by Gasteiger charge is -2.36. The molecule has 7 nitrogen and oxygen atoms in total. The summed E-state index contributed by atoms with van der Waals surface area (Å²) in [7, 11) is 0. The van der Waals surface area contributed by atoms with E-state index in [0.29, 0.717) is 21.2 Å². The van der Waals surface area contributed by atoms with Crippen molar-refractivity contribution in [3.63, 3.8) is 0 Å². The standard InChI is InChI=1S/C17H11Cl2N5O2S/c18-10-5-6-11(13(19)7-10)15-22-17(27)24(23-8-20-21-9-23)16(26-15)12-3-1-2-4-14(12)25/h1-9,16,25H. The molecule has 0 saturated heterocycles. The molecular formula is C17H11Cl2N5O2S. The molecule has 10 heteroatoms. The van der Waals surface area contributed by atoms with Gasteiger partial charge in [-0.15, -0.1) is 10.2 Å². The van der Waals surface area contributed by atoms with E-state index >= 15 is 0 Å². The van der Waals surface area contributed by atoms with E-state index in [0.717, 1.165) is 0 Å². The van der Waals surface area contributed by atoms with Crippen molar-refractivity contribution < 1.29 is 9.84 Å². The lowest BCUT2D eigenvalue weighted by molar-refractivity contribution is 0.168. The summed E-state index contributed by atoms with van der Waals surface area (Å²) >= 11 is 17.7. The van der Waals surface area contributed by atoms with Crippen LogP contribution in [0.1, 0.15) is 17.4 Å². The van der Waals surface area contributed by atoms with Gasteiger partial charge in [-0.25, -0.2) is 9.69 Å². The van der Waals surface area contributed by atoms with Crippen molar-refractivity contribution in [1.29, 1.82) is 0 Å². The highest BCUT2D eigenvalue weighted by Crippen LogP contribution is 2.34. The molecule has 0 radical (unpaired) electrons. The maximum Gasteiger partial charge on any atom is 0.227 e. The van der Waals surface area contributed by atoms with E-state index in [-0.39, 0.29) is 16.8 Å². The van der Waals surface area contributed by atoms with E-state index in [4.69, 9.17) is 40.2 Å². The van der Waals surface area contributed by atoms with Gasteiger partial charge in [-0.1, -0.05) is 35.3 Å². The normalized spacial score (nSPS) is 16.8. The molecular weight excluding hydrogens is 409 g/mol. The van der Waals surface area contributed by atoms with E-state index in [9.17, 15) is 5.11 Å². The molecule has 0 amide bonds. The van der Waals surface area contributed by atoms with Crippen molar-refractivity contribution in [2.45, 2.75) is 6.23 Å². The Morgan fingerprint density at radius 1 is 1.07 bits per heavy atom. The topological polar surface area (TPSA) is 75.8 Å². The highest BCUT2D eigenvalue weighted by molar-refractivity contribution is 7.80. The van der Waals surface area contributed by atoms with Crippen molar-refractivity contribution in [3.05, 3.63) is 76.3 Å². The van der Waals surface area contributed by atoms with Gasteiger partial charge in [0.25, 0.3) is 0 Å². The Bertz CT molecular complexity index is 1040. The average Bonchev–Trinajstić information content (AvgIpc) is 3.15. The Hall–Kier alpha value is -2.68. The molecule has 1 aromatic heterocycles. The van der Waals surface area contributed by atoms with Gasteiger partial charge in [0.1, 0.15) is 18.4 Å². The van der Waals surface area contributed by atoms with Crippen molar-refractivity contribution in [2.75, 3.05) is 5.01 Å². The Kier molecular flexibility index (Phi) is 4.69. The number of ether oxygens (including phenoxy) is 1. The summed E-state index contributed by atoms with van der Waals surface area (Å²) in [5.74, 6) is 0.270. The van der Waals surface area contributed by atoms with Gasteiger partial charge >= 0.3 is 0 Å². The summed E-state index contributed by atoms with van der Waals surface area (Å²) in [5, 5.41) is 20.5. The van der Waals surface area contributed by atoms with Crippen molar-refractivity contribution >= 4 is 46.4 Å². The number of phenolic OH excluding ortho intramolecular Hbond substituents is 1. The van der Waals surface area contributed by atoms with Crippen LogP contribution >= 0.6 is 35.4 Å². The second-order valence-electron chi connectivity index (χ2n) is 5.54. The van der Waals surface area contributed by atoms with Crippen LogP contribution in [0.5, 0.6) is 5.75 Å². The summed E-state index contributed by atoms with van der Waals surface area (Å²) in [4.78, 5) is 4.35. The number of aliphatic imine (C=N–C) groups is 1. The van der Waals surface area contributed by atoms with Crippen LogP contribution in [-0.4, -0.2) is 31.0 Å². The van der Waals surface area contributed by atoms with E-state index < -0.39 is 6.23 Å². The van der Waals surface area contributed by atoms with Crippen LogP contribution in [0.4, 0.5) is 0 Å². The smallest absolute Gasteiger partial charge is 0.227 e. The molecule has 0 bridgehead atoms. The third-order valence-electron chi connectivity index (χ3n) is 3.86. The van der Waals surface area contributed by atoms with E-state index in [2.05, 4.69) is 15.2 Å². The van der Waals surface area contributed by atoms with Gasteiger partial charge in [-0.2, -0.15) is 4.99 Å². The number of thiocarbonyl (C=S) groups is 1. The van der Waals surface area contributed by atoms with Crippen molar-refractivity contribution in [1.82, 2.24) is 14.9 Å². The number of para-hydroxylation sites is 1. The number of hydrogen-bond acceptors (Lipinski definition) is 5. The van der Waals surface area contributed by atoms with Gasteiger partial charge in [0, 0.05) is 5.02 Å². The summed E-state index contributed by atoms with van der Waals surface area (Å²) in [5.41, 5.74) is 1.03. The molecule has 1 N–H and O–H groups in total. The van der Waals surface area contributed by atoms with E-state index in [1.807, 2.05) is 0 Å². The fourth-order valence-electron chi connectivity index (χ4n) is 2.63. The number of nitrogens with zero attached hydrogens (tertiary/aromatic N) is 5. The maximum absolute atomic E-state index is 10.3. The van der Waals surface area contributed by atoms with Gasteiger partial charge in [0.15, 0.2) is 0 Å². The molecule has 4 rings (SSSR count). The number of aromatic hydroxyl groups is 1.